The number of fused-ring (bicyclic) bond motifs is 1. The molecule has 172 valence electrons. The lowest BCUT2D eigenvalue weighted by Gasteiger charge is -2.30. The van der Waals surface area contributed by atoms with E-state index in [0.717, 1.165) is 67.2 Å². The molecule has 1 N–H and O–H groups in total. The summed E-state index contributed by atoms with van der Waals surface area (Å²) < 4.78 is 7.34. The monoisotopic (exact) mass is 439 g/mol. The number of aromatic nitrogens is 5. The van der Waals surface area contributed by atoms with Crippen LogP contribution < -0.4 is 5.56 Å². The largest absolute Gasteiger partial charge is 0.379 e. The van der Waals surface area contributed by atoms with Gasteiger partial charge in [-0.2, -0.15) is 0 Å². The van der Waals surface area contributed by atoms with Gasteiger partial charge in [0.2, 0.25) is 0 Å². The lowest BCUT2D eigenvalue weighted by Crippen LogP contribution is -2.42. The van der Waals surface area contributed by atoms with Crippen molar-refractivity contribution in [3.63, 3.8) is 0 Å². The molecule has 1 fully saturated rings. The SMILES string of the molecule is Cc1cccc2cc(CN(CCN3CCOCC3)Cc3nnnn3C(C)(C)C)c(=O)[nH]c12. The van der Waals surface area contributed by atoms with Crippen molar-refractivity contribution < 1.29 is 4.74 Å². The maximum atomic E-state index is 12.9. The van der Waals surface area contributed by atoms with Crippen molar-refractivity contribution in [3.8, 4) is 0 Å². The molecule has 0 amide bonds. The molecule has 0 radical (unpaired) electrons. The van der Waals surface area contributed by atoms with Crippen LogP contribution in [0.15, 0.2) is 29.1 Å². The third kappa shape index (κ3) is 5.23. The highest BCUT2D eigenvalue weighted by molar-refractivity contribution is 5.81. The van der Waals surface area contributed by atoms with Crippen molar-refractivity contribution in [2.24, 2.45) is 0 Å². The summed E-state index contributed by atoms with van der Waals surface area (Å²) in [6.07, 6.45) is 0. The van der Waals surface area contributed by atoms with E-state index in [-0.39, 0.29) is 11.1 Å². The number of aromatic amines is 1. The van der Waals surface area contributed by atoms with Gasteiger partial charge in [0, 0.05) is 38.3 Å². The fourth-order valence-corrected chi connectivity index (χ4v) is 4.13. The molecule has 0 bridgehead atoms. The number of rotatable bonds is 7. The van der Waals surface area contributed by atoms with E-state index in [2.05, 4.69) is 51.1 Å². The zero-order valence-electron chi connectivity index (χ0n) is 19.5. The first-order valence-corrected chi connectivity index (χ1v) is 11.2. The first-order chi connectivity index (χ1) is 15.3. The van der Waals surface area contributed by atoms with Gasteiger partial charge in [0.1, 0.15) is 0 Å². The van der Waals surface area contributed by atoms with Gasteiger partial charge in [-0.25, -0.2) is 4.68 Å². The van der Waals surface area contributed by atoms with Gasteiger partial charge in [0.15, 0.2) is 5.82 Å². The third-order valence-corrected chi connectivity index (χ3v) is 5.93. The Balaban J connectivity index is 1.59. The number of morpholine rings is 1. The van der Waals surface area contributed by atoms with Crippen molar-refractivity contribution in [2.75, 3.05) is 39.4 Å². The van der Waals surface area contributed by atoms with Crippen molar-refractivity contribution in [1.29, 1.82) is 0 Å². The zero-order valence-corrected chi connectivity index (χ0v) is 19.5. The summed E-state index contributed by atoms with van der Waals surface area (Å²) >= 11 is 0. The summed E-state index contributed by atoms with van der Waals surface area (Å²) in [6.45, 7) is 14.5. The summed E-state index contributed by atoms with van der Waals surface area (Å²) in [6, 6.07) is 8.09. The Morgan fingerprint density at radius 1 is 1.19 bits per heavy atom. The van der Waals surface area contributed by atoms with Gasteiger partial charge >= 0.3 is 0 Å². The molecule has 0 atom stereocenters. The Hall–Kier alpha value is -2.62. The minimum atomic E-state index is -0.216. The number of aryl methyl sites for hydroxylation is 1. The molecule has 32 heavy (non-hydrogen) atoms. The highest BCUT2D eigenvalue weighted by Crippen LogP contribution is 2.18. The standard InChI is InChI=1S/C23H33N7O2/c1-17-6-5-7-18-14-19(22(31)24-21(17)18)15-29(9-8-28-10-12-32-13-11-28)16-20-25-26-27-30(20)23(2,3)4/h5-7,14H,8-13,15-16H2,1-4H3,(H,24,31). The Bertz CT molecular complexity index is 1110. The number of H-pyrrole nitrogens is 1. The molecule has 4 rings (SSSR count). The molecule has 2 aromatic heterocycles. The molecule has 9 heteroatoms. The van der Waals surface area contributed by atoms with Crippen LogP contribution in [0.25, 0.3) is 10.9 Å². The fourth-order valence-electron chi connectivity index (χ4n) is 4.13. The molecule has 0 spiro atoms. The lowest BCUT2D eigenvalue weighted by atomic mass is 10.1. The maximum Gasteiger partial charge on any atom is 0.252 e. The average Bonchev–Trinajstić information content (AvgIpc) is 3.23. The van der Waals surface area contributed by atoms with Gasteiger partial charge in [0.25, 0.3) is 5.56 Å². The predicted molar refractivity (Wildman–Crippen MR) is 123 cm³/mol. The Kier molecular flexibility index (Phi) is 6.68. The molecule has 0 unspecified atom stereocenters. The van der Waals surface area contributed by atoms with E-state index >= 15 is 0 Å². The fraction of sp³-hybridized carbons (Fsp3) is 0.565. The normalized spacial score (nSPS) is 15.7. The molecule has 1 aliphatic heterocycles. The maximum absolute atomic E-state index is 12.9. The van der Waals surface area contributed by atoms with Crippen LogP contribution in [0, 0.1) is 6.92 Å². The summed E-state index contributed by atoms with van der Waals surface area (Å²) in [7, 11) is 0. The first-order valence-electron chi connectivity index (χ1n) is 11.2. The van der Waals surface area contributed by atoms with Crippen molar-refractivity contribution >= 4 is 10.9 Å². The number of nitrogens with zero attached hydrogens (tertiary/aromatic N) is 6. The molecule has 0 aliphatic carbocycles. The summed E-state index contributed by atoms with van der Waals surface area (Å²) in [5.74, 6) is 0.799. The van der Waals surface area contributed by atoms with E-state index in [9.17, 15) is 4.79 Å². The Labute approximate surface area is 188 Å². The van der Waals surface area contributed by atoms with Gasteiger partial charge < -0.3 is 9.72 Å². The number of ether oxygens (including phenoxy) is 1. The number of para-hydroxylation sites is 1. The highest BCUT2D eigenvalue weighted by Gasteiger charge is 2.22. The summed E-state index contributed by atoms with van der Waals surface area (Å²) in [5.41, 5.74) is 2.46. The van der Waals surface area contributed by atoms with Crippen LogP contribution in [0.3, 0.4) is 0 Å². The average molecular weight is 440 g/mol. The second-order valence-corrected chi connectivity index (χ2v) is 9.51. The lowest BCUT2D eigenvalue weighted by molar-refractivity contribution is 0.0321. The summed E-state index contributed by atoms with van der Waals surface area (Å²) in [4.78, 5) is 20.6. The summed E-state index contributed by atoms with van der Waals surface area (Å²) in [5, 5.41) is 13.4. The second-order valence-electron chi connectivity index (χ2n) is 9.51. The van der Waals surface area contributed by atoms with Crippen molar-refractivity contribution in [2.45, 2.75) is 46.3 Å². The number of hydrogen-bond acceptors (Lipinski definition) is 7. The molecular formula is C23H33N7O2. The topological polar surface area (TPSA) is 92.2 Å². The number of hydrogen-bond donors (Lipinski definition) is 1. The Morgan fingerprint density at radius 3 is 2.72 bits per heavy atom. The van der Waals surface area contributed by atoms with Crippen molar-refractivity contribution in [3.05, 3.63) is 51.6 Å². The van der Waals surface area contributed by atoms with Crippen LogP contribution in [-0.4, -0.2) is 74.4 Å². The zero-order chi connectivity index (χ0) is 22.7. The minimum Gasteiger partial charge on any atom is -0.379 e. The van der Waals surface area contributed by atoms with Crippen LogP contribution in [0.1, 0.15) is 37.7 Å². The highest BCUT2D eigenvalue weighted by atomic mass is 16.5. The van der Waals surface area contributed by atoms with E-state index < -0.39 is 0 Å². The first kappa shape index (κ1) is 22.6. The van der Waals surface area contributed by atoms with Crippen LogP contribution in [0.5, 0.6) is 0 Å². The van der Waals surface area contributed by atoms with Gasteiger partial charge in [-0.15, -0.1) is 5.10 Å². The van der Waals surface area contributed by atoms with Crippen LogP contribution in [0.2, 0.25) is 0 Å². The smallest absolute Gasteiger partial charge is 0.252 e. The minimum absolute atomic E-state index is 0.0430. The Morgan fingerprint density at radius 2 is 1.97 bits per heavy atom. The quantitative estimate of drug-likeness (QED) is 0.601. The van der Waals surface area contributed by atoms with Gasteiger partial charge in [-0.3, -0.25) is 14.6 Å². The molecule has 1 saturated heterocycles. The van der Waals surface area contributed by atoms with Crippen LogP contribution >= 0.6 is 0 Å². The van der Waals surface area contributed by atoms with Gasteiger partial charge in [-0.05, 0) is 55.1 Å². The molecule has 1 aliphatic rings. The van der Waals surface area contributed by atoms with Crippen LogP contribution in [0.4, 0.5) is 0 Å². The van der Waals surface area contributed by atoms with E-state index in [1.807, 2.05) is 35.9 Å². The molecule has 3 aromatic rings. The number of tetrazole rings is 1. The third-order valence-electron chi connectivity index (χ3n) is 5.93. The van der Waals surface area contributed by atoms with E-state index in [4.69, 9.17) is 4.74 Å². The number of pyridine rings is 1. The van der Waals surface area contributed by atoms with Gasteiger partial charge in [-0.1, -0.05) is 18.2 Å². The number of nitrogens with one attached hydrogen (secondary N) is 1. The molecular weight excluding hydrogens is 406 g/mol. The second kappa shape index (κ2) is 9.48. The number of benzene rings is 1. The molecule has 3 heterocycles. The van der Waals surface area contributed by atoms with Crippen molar-refractivity contribution in [1.82, 2.24) is 35.0 Å². The molecule has 0 saturated carbocycles. The predicted octanol–water partition coefficient (Wildman–Crippen LogP) is 1.91. The van der Waals surface area contributed by atoms with Crippen LogP contribution in [-0.2, 0) is 23.4 Å². The van der Waals surface area contributed by atoms with Gasteiger partial charge in [0.05, 0.1) is 30.8 Å². The van der Waals surface area contributed by atoms with E-state index in [0.29, 0.717) is 13.1 Å². The van der Waals surface area contributed by atoms with E-state index in [1.54, 1.807) is 0 Å². The molecule has 1 aromatic carbocycles. The van der Waals surface area contributed by atoms with E-state index in [1.165, 1.54) is 0 Å². The molecule has 9 nitrogen and oxygen atoms in total.